The van der Waals surface area contributed by atoms with Gasteiger partial charge in [0.05, 0.1) is 0 Å². The van der Waals surface area contributed by atoms with Gasteiger partial charge in [0.1, 0.15) is 17.4 Å². The number of para-hydroxylation sites is 1. The molecule has 1 atom stereocenters. The summed E-state index contributed by atoms with van der Waals surface area (Å²) in [5, 5.41) is 11.5. The molecule has 20 heavy (non-hydrogen) atoms. The zero-order valence-electron chi connectivity index (χ0n) is 12.1. The van der Waals surface area contributed by atoms with E-state index in [2.05, 4.69) is 11.8 Å². The van der Waals surface area contributed by atoms with Crippen LogP contribution in [-0.2, 0) is 0 Å². The lowest BCUT2D eigenvalue weighted by Crippen LogP contribution is -2.35. The molecule has 0 radical (unpaired) electrons. The number of hydrogen-bond acceptors (Lipinski definition) is 3. The van der Waals surface area contributed by atoms with Crippen molar-refractivity contribution < 1.29 is 9.52 Å². The predicted octanol–water partition coefficient (Wildman–Crippen LogP) is 3.59. The maximum absolute atomic E-state index is 10.4. The van der Waals surface area contributed by atoms with Gasteiger partial charge in [0.15, 0.2) is 0 Å². The van der Waals surface area contributed by atoms with Gasteiger partial charge < -0.3 is 14.4 Å². The van der Waals surface area contributed by atoms with E-state index >= 15 is 0 Å². The van der Waals surface area contributed by atoms with Crippen LogP contribution in [0.3, 0.4) is 0 Å². The lowest BCUT2D eigenvalue weighted by Gasteiger charge is -2.32. The van der Waals surface area contributed by atoms with Crippen molar-refractivity contribution in [3.05, 3.63) is 36.1 Å². The number of nitrogens with zero attached hydrogens (tertiary/aromatic N) is 1. The third-order valence-corrected chi connectivity index (χ3v) is 4.39. The molecule has 108 valence electrons. The molecule has 1 fully saturated rings. The monoisotopic (exact) mass is 273 g/mol. The number of benzene rings is 1. The molecule has 0 saturated heterocycles. The van der Waals surface area contributed by atoms with Crippen LogP contribution in [0.15, 0.2) is 34.7 Å². The van der Waals surface area contributed by atoms with Crippen LogP contribution in [0.4, 0.5) is 0 Å². The number of fused-ring (bicyclic) bond motifs is 1. The van der Waals surface area contributed by atoms with Crippen LogP contribution in [0.1, 0.15) is 38.1 Å². The third-order valence-electron chi connectivity index (χ3n) is 4.39. The molecule has 1 unspecified atom stereocenters. The van der Waals surface area contributed by atoms with Crippen molar-refractivity contribution in [2.24, 2.45) is 5.92 Å². The van der Waals surface area contributed by atoms with Gasteiger partial charge in [0, 0.05) is 18.5 Å². The summed E-state index contributed by atoms with van der Waals surface area (Å²) in [6, 6.07) is 9.86. The van der Waals surface area contributed by atoms with Gasteiger partial charge in [-0.15, -0.1) is 0 Å². The molecule has 1 N–H and O–H groups in total. The molecule has 1 aliphatic rings. The average molecular weight is 273 g/mol. The fraction of sp³-hybridized carbons (Fsp3) is 0.529. The largest absolute Gasteiger partial charge is 0.458 e. The summed E-state index contributed by atoms with van der Waals surface area (Å²) in [4.78, 5) is 2.34. The van der Waals surface area contributed by atoms with E-state index in [4.69, 9.17) is 4.42 Å². The zero-order valence-corrected chi connectivity index (χ0v) is 12.1. The first-order valence-electron chi connectivity index (χ1n) is 7.65. The van der Waals surface area contributed by atoms with E-state index in [1.807, 2.05) is 30.3 Å². The molecule has 3 heteroatoms. The van der Waals surface area contributed by atoms with Gasteiger partial charge in [0.25, 0.3) is 0 Å². The van der Waals surface area contributed by atoms with Gasteiger partial charge >= 0.3 is 0 Å². The van der Waals surface area contributed by atoms with Crippen molar-refractivity contribution in [2.45, 2.75) is 32.3 Å². The Morgan fingerprint density at radius 2 is 2.15 bits per heavy atom. The Bertz CT molecular complexity index is 526. The summed E-state index contributed by atoms with van der Waals surface area (Å²) in [6.07, 6.45) is 3.52. The summed E-state index contributed by atoms with van der Waals surface area (Å²) >= 11 is 0. The van der Waals surface area contributed by atoms with Crippen LogP contribution < -0.4 is 0 Å². The van der Waals surface area contributed by atoms with Gasteiger partial charge in [-0.25, -0.2) is 0 Å². The first-order chi connectivity index (χ1) is 9.76. The van der Waals surface area contributed by atoms with E-state index in [1.54, 1.807) is 0 Å². The zero-order chi connectivity index (χ0) is 13.9. The molecule has 0 aliphatic heterocycles. The fourth-order valence-corrected chi connectivity index (χ4v) is 2.87. The Morgan fingerprint density at radius 3 is 2.80 bits per heavy atom. The second-order valence-electron chi connectivity index (χ2n) is 5.85. The van der Waals surface area contributed by atoms with Crippen molar-refractivity contribution >= 4 is 11.0 Å². The smallest absolute Gasteiger partial charge is 0.135 e. The average Bonchev–Trinajstić information content (AvgIpc) is 2.85. The van der Waals surface area contributed by atoms with Crippen molar-refractivity contribution in [2.75, 3.05) is 19.6 Å². The summed E-state index contributed by atoms with van der Waals surface area (Å²) in [5.41, 5.74) is 0.851. The maximum Gasteiger partial charge on any atom is 0.135 e. The summed E-state index contributed by atoms with van der Waals surface area (Å²) in [6.45, 7) is 4.90. The molecule has 2 aromatic rings. The summed E-state index contributed by atoms with van der Waals surface area (Å²) in [5.74, 6) is 1.51. The van der Waals surface area contributed by atoms with Crippen LogP contribution in [0.25, 0.3) is 11.0 Å². The molecule has 0 bridgehead atoms. The lowest BCUT2D eigenvalue weighted by molar-refractivity contribution is 0.0808. The number of likely N-dealkylation sites (N-methyl/N-ethyl adjacent to an activating group) is 1. The fourth-order valence-electron chi connectivity index (χ4n) is 2.87. The summed E-state index contributed by atoms with van der Waals surface area (Å²) in [7, 11) is 0. The minimum atomic E-state index is -0.539. The van der Waals surface area contributed by atoms with Crippen LogP contribution >= 0.6 is 0 Å². The highest BCUT2D eigenvalue weighted by Gasteiger charge is 2.22. The second-order valence-corrected chi connectivity index (χ2v) is 5.85. The summed E-state index contributed by atoms with van der Waals surface area (Å²) < 4.78 is 5.74. The molecule has 1 heterocycles. The minimum Gasteiger partial charge on any atom is -0.458 e. The molecule has 0 amide bonds. The quantitative estimate of drug-likeness (QED) is 0.874. The highest BCUT2D eigenvalue weighted by Crippen LogP contribution is 2.28. The molecule has 1 aromatic heterocycles. The van der Waals surface area contributed by atoms with Crippen LogP contribution in [0.5, 0.6) is 0 Å². The van der Waals surface area contributed by atoms with Crippen molar-refractivity contribution in [1.82, 2.24) is 4.90 Å². The highest BCUT2D eigenvalue weighted by molar-refractivity contribution is 5.77. The van der Waals surface area contributed by atoms with Crippen LogP contribution in [-0.4, -0.2) is 29.6 Å². The standard InChI is InChI=1S/C17H23NO2/c1-2-18(11-13-6-5-7-13)12-15(19)17-10-14-8-3-4-9-16(14)20-17/h3-4,8-10,13,15,19H,2,5-7,11-12H2,1H3. The third kappa shape index (κ3) is 2.89. The normalized spacial score (nSPS) is 17.6. The lowest BCUT2D eigenvalue weighted by atomic mass is 9.85. The van der Waals surface area contributed by atoms with Crippen LogP contribution in [0.2, 0.25) is 0 Å². The number of aliphatic hydroxyl groups excluding tert-OH is 1. The van der Waals surface area contributed by atoms with E-state index in [1.165, 1.54) is 19.3 Å². The molecule has 1 saturated carbocycles. The molecule has 0 spiro atoms. The van der Waals surface area contributed by atoms with Gasteiger partial charge in [-0.1, -0.05) is 31.5 Å². The molecular formula is C17H23NO2. The molecule has 3 nitrogen and oxygen atoms in total. The van der Waals surface area contributed by atoms with E-state index < -0.39 is 6.10 Å². The topological polar surface area (TPSA) is 36.6 Å². The number of furan rings is 1. The molecule has 1 aromatic carbocycles. The molecule has 3 rings (SSSR count). The van der Waals surface area contributed by atoms with Crippen molar-refractivity contribution in [1.29, 1.82) is 0 Å². The van der Waals surface area contributed by atoms with E-state index in [-0.39, 0.29) is 0 Å². The molecular weight excluding hydrogens is 250 g/mol. The second kappa shape index (κ2) is 5.98. The van der Waals surface area contributed by atoms with Crippen molar-refractivity contribution in [3.63, 3.8) is 0 Å². The van der Waals surface area contributed by atoms with E-state index in [9.17, 15) is 5.11 Å². The Hall–Kier alpha value is -1.32. The maximum atomic E-state index is 10.4. The SMILES string of the molecule is CCN(CC1CCC1)CC(O)c1cc2ccccc2o1. The number of aliphatic hydroxyl groups is 1. The van der Waals surface area contributed by atoms with Gasteiger partial charge in [-0.05, 0) is 37.4 Å². The minimum absolute atomic E-state index is 0.539. The first kappa shape index (κ1) is 13.7. The van der Waals surface area contributed by atoms with Crippen LogP contribution in [0, 0.1) is 5.92 Å². The predicted molar refractivity (Wildman–Crippen MR) is 80.6 cm³/mol. The van der Waals surface area contributed by atoms with E-state index in [0.29, 0.717) is 12.3 Å². The Balaban J connectivity index is 1.65. The first-order valence-corrected chi connectivity index (χ1v) is 7.65. The van der Waals surface area contributed by atoms with Gasteiger partial charge in [-0.3, -0.25) is 0 Å². The number of rotatable bonds is 6. The van der Waals surface area contributed by atoms with E-state index in [0.717, 1.165) is 30.0 Å². The Labute approximate surface area is 120 Å². The molecule has 1 aliphatic carbocycles. The Morgan fingerprint density at radius 1 is 1.35 bits per heavy atom. The van der Waals surface area contributed by atoms with Gasteiger partial charge in [-0.2, -0.15) is 0 Å². The number of hydrogen-bond donors (Lipinski definition) is 1. The van der Waals surface area contributed by atoms with Gasteiger partial charge in [0.2, 0.25) is 0 Å². The van der Waals surface area contributed by atoms with Crippen molar-refractivity contribution in [3.8, 4) is 0 Å². The Kier molecular flexibility index (Phi) is 4.08. The highest BCUT2D eigenvalue weighted by atomic mass is 16.4.